The molecule has 0 heterocycles. The maximum Gasteiger partial charge on any atom is 0.264 e. The highest BCUT2D eigenvalue weighted by Crippen LogP contribution is 2.28. The lowest BCUT2D eigenvalue weighted by molar-refractivity contribution is -0.140. The maximum atomic E-state index is 14.6. The predicted molar refractivity (Wildman–Crippen MR) is 181 cm³/mol. The molecule has 0 fully saturated rings. The van der Waals surface area contributed by atoms with E-state index in [0.717, 1.165) is 33.8 Å². The van der Waals surface area contributed by atoms with Crippen molar-refractivity contribution in [2.75, 3.05) is 17.4 Å². The molecule has 0 saturated carbocycles. The summed E-state index contributed by atoms with van der Waals surface area (Å²) in [5.74, 6) is -0.775. The number of benzene rings is 4. The van der Waals surface area contributed by atoms with Crippen LogP contribution in [0.4, 0.5) is 5.69 Å². The van der Waals surface area contributed by atoms with Crippen LogP contribution in [0.15, 0.2) is 108 Å². The number of carbonyl (C=O) groups excluding carboxylic acids is 2. The molecule has 1 N–H and O–H groups in total. The van der Waals surface area contributed by atoms with Crippen LogP contribution in [0.25, 0.3) is 0 Å². The van der Waals surface area contributed by atoms with Gasteiger partial charge in [-0.15, -0.1) is 0 Å². The van der Waals surface area contributed by atoms with E-state index in [1.54, 1.807) is 25.1 Å². The topological polar surface area (TPSA) is 86.8 Å². The average Bonchev–Trinajstić information content (AvgIpc) is 3.03. The Morgan fingerprint density at radius 1 is 0.822 bits per heavy atom. The van der Waals surface area contributed by atoms with Gasteiger partial charge in [0.2, 0.25) is 11.8 Å². The molecule has 0 spiro atoms. The minimum absolute atomic E-state index is 0.00607. The molecule has 1 unspecified atom stereocenters. The smallest absolute Gasteiger partial charge is 0.264 e. The molecular weight excluding hydrogens is 606 g/mol. The normalized spacial score (nSPS) is 11.9. The fourth-order valence-electron chi connectivity index (χ4n) is 5.12. The molecule has 0 aliphatic carbocycles. The summed E-state index contributed by atoms with van der Waals surface area (Å²) in [5.41, 5.74) is 3.79. The van der Waals surface area contributed by atoms with Gasteiger partial charge in [-0.25, -0.2) is 8.42 Å². The average molecular weight is 646 g/mol. The number of nitrogens with zero attached hydrogens (tertiary/aromatic N) is 2. The second kappa shape index (κ2) is 15.7. The van der Waals surface area contributed by atoms with E-state index in [1.807, 2.05) is 74.5 Å². The Balaban J connectivity index is 1.80. The summed E-state index contributed by atoms with van der Waals surface area (Å²) < 4.78 is 29.5. The molecule has 45 heavy (non-hydrogen) atoms. The van der Waals surface area contributed by atoms with Gasteiger partial charge in [-0.05, 0) is 72.9 Å². The lowest BCUT2D eigenvalue weighted by atomic mass is 10.0. The number of sulfonamides is 1. The van der Waals surface area contributed by atoms with Gasteiger partial charge in [-0.3, -0.25) is 13.9 Å². The van der Waals surface area contributed by atoms with Crippen molar-refractivity contribution in [1.29, 1.82) is 0 Å². The second-order valence-electron chi connectivity index (χ2n) is 11.1. The first-order valence-corrected chi connectivity index (χ1v) is 16.9. The SMILES string of the molecule is CCCCNC(=O)C(Cc1ccccc1)N(Cc1ccccc1C)C(=O)CN(c1ccccc1C)S(=O)(=O)c1ccc(Cl)cc1. The third-order valence-corrected chi connectivity index (χ3v) is 9.79. The van der Waals surface area contributed by atoms with Gasteiger partial charge in [0.05, 0.1) is 10.6 Å². The van der Waals surface area contributed by atoms with Crippen LogP contribution in [0, 0.1) is 13.8 Å². The summed E-state index contributed by atoms with van der Waals surface area (Å²) >= 11 is 6.07. The summed E-state index contributed by atoms with van der Waals surface area (Å²) in [6.07, 6.45) is 1.98. The van der Waals surface area contributed by atoms with Gasteiger partial charge in [-0.2, -0.15) is 0 Å². The summed E-state index contributed by atoms with van der Waals surface area (Å²) in [6.45, 7) is 5.91. The van der Waals surface area contributed by atoms with Gasteiger partial charge in [0.1, 0.15) is 12.6 Å². The van der Waals surface area contributed by atoms with Gasteiger partial charge >= 0.3 is 0 Å². The Bertz CT molecular complexity index is 1700. The first kappa shape index (κ1) is 33.7. The Kier molecular flexibility index (Phi) is 11.8. The number of para-hydroxylation sites is 1. The molecule has 4 rings (SSSR count). The van der Waals surface area contributed by atoms with E-state index in [0.29, 0.717) is 22.8 Å². The van der Waals surface area contributed by atoms with E-state index in [1.165, 1.54) is 29.2 Å². The summed E-state index contributed by atoms with van der Waals surface area (Å²) in [5, 5.41) is 3.42. The molecule has 4 aromatic rings. The monoisotopic (exact) mass is 645 g/mol. The van der Waals surface area contributed by atoms with Crippen molar-refractivity contribution in [1.82, 2.24) is 10.2 Å². The van der Waals surface area contributed by atoms with Crippen molar-refractivity contribution in [3.63, 3.8) is 0 Å². The molecule has 0 aliphatic heterocycles. The predicted octanol–water partition coefficient (Wildman–Crippen LogP) is 6.71. The summed E-state index contributed by atoms with van der Waals surface area (Å²) in [7, 11) is -4.20. The standard InChI is InChI=1S/C36H40ClN3O4S/c1-4-5-23-38-36(42)34(24-29-15-7-6-8-16-29)39(25-30-17-11-9-13-27(30)2)35(41)26-40(33-18-12-10-14-28(33)3)45(43,44)32-21-19-31(37)20-22-32/h6-22,34H,4-5,23-26H2,1-3H3,(H,38,42). The molecule has 2 amide bonds. The van der Waals surface area contributed by atoms with Gasteiger partial charge < -0.3 is 10.2 Å². The lowest BCUT2D eigenvalue weighted by Crippen LogP contribution is -2.53. The van der Waals surface area contributed by atoms with Crippen LogP contribution in [-0.2, 0) is 32.6 Å². The first-order chi connectivity index (χ1) is 21.6. The number of hydrogen-bond acceptors (Lipinski definition) is 4. The molecule has 1 atom stereocenters. The summed E-state index contributed by atoms with van der Waals surface area (Å²) in [6, 6.07) is 29.3. The minimum atomic E-state index is -4.20. The van der Waals surface area contributed by atoms with Crippen LogP contribution < -0.4 is 9.62 Å². The van der Waals surface area contributed by atoms with E-state index in [4.69, 9.17) is 11.6 Å². The fraction of sp³-hybridized carbons (Fsp3) is 0.278. The number of aryl methyl sites for hydroxylation is 2. The van der Waals surface area contributed by atoms with Crippen LogP contribution in [0.3, 0.4) is 0 Å². The molecule has 0 aliphatic rings. The number of rotatable bonds is 14. The van der Waals surface area contributed by atoms with Crippen LogP contribution in [-0.4, -0.2) is 44.3 Å². The number of carbonyl (C=O) groups is 2. The van der Waals surface area contributed by atoms with Crippen LogP contribution in [0.2, 0.25) is 5.02 Å². The van der Waals surface area contributed by atoms with E-state index >= 15 is 0 Å². The van der Waals surface area contributed by atoms with Crippen molar-refractivity contribution in [3.05, 3.63) is 130 Å². The largest absolute Gasteiger partial charge is 0.354 e. The number of halogens is 1. The number of anilines is 1. The zero-order chi connectivity index (χ0) is 32.4. The molecule has 7 nitrogen and oxygen atoms in total. The number of unbranched alkanes of at least 4 members (excludes halogenated alkanes) is 1. The molecule has 0 radical (unpaired) electrons. The molecule has 4 aromatic carbocycles. The van der Waals surface area contributed by atoms with Crippen molar-refractivity contribution < 1.29 is 18.0 Å². The van der Waals surface area contributed by atoms with E-state index in [2.05, 4.69) is 5.32 Å². The first-order valence-electron chi connectivity index (χ1n) is 15.1. The van der Waals surface area contributed by atoms with E-state index in [-0.39, 0.29) is 23.8 Å². The molecule has 0 saturated heterocycles. The quantitative estimate of drug-likeness (QED) is 0.155. The Morgan fingerprint density at radius 2 is 1.44 bits per heavy atom. The molecule has 9 heteroatoms. The maximum absolute atomic E-state index is 14.6. The Labute approximate surface area is 271 Å². The van der Waals surface area contributed by atoms with Gasteiger partial charge in [0, 0.05) is 24.5 Å². The molecular formula is C36H40ClN3O4S. The van der Waals surface area contributed by atoms with E-state index in [9.17, 15) is 18.0 Å². The Morgan fingerprint density at radius 3 is 2.09 bits per heavy atom. The van der Waals surface area contributed by atoms with Crippen LogP contribution in [0.5, 0.6) is 0 Å². The van der Waals surface area contributed by atoms with Gasteiger partial charge in [-0.1, -0.05) is 97.7 Å². The second-order valence-corrected chi connectivity index (χ2v) is 13.3. The zero-order valence-corrected chi connectivity index (χ0v) is 27.5. The highest BCUT2D eigenvalue weighted by Gasteiger charge is 2.35. The number of amides is 2. The van der Waals surface area contributed by atoms with Crippen molar-refractivity contribution in [2.45, 2.75) is 57.5 Å². The number of hydrogen-bond donors (Lipinski definition) is 1. The lowest BCUT2D eigenvalue weighted by Gasteiger charge is -2.34. The van der Waals surface area contributed by atoms with Crippen molar-refractivity contribution >= 4 is 39.1 Å². The fourth-order valence-corrected chi connectivity index (χ4v) is 6.73. The third-order valence-electron chi connectivity index (χ3n) is 7.77. The van der Waals surface area contributed by atoms with Crippen molar-refractivity contribution in [2.24, 2.45) is 0 Å². The van der Waals surface area contributed by atoms with Gasteiger partial charge in [0.25, 0.3) is 10.0 Å². The third kappa shape index (κ3) is 8.74. The Hall–Kier alpha value is -4.14. The van der Waals surface area contributed by atoms with Crippen LogP contribution >= 0.6 is 11.6 Å². The number of nitrogens with one attached hydrogen (secondary N) is 1. The van der Waals surface area contributed by atoms with Crippen LogP contribution in [0.1, 0.15) is 42.0 Å². The summed E-state index contributed by atoms with van der Waals surface area (Å²) in [4.78, 5) is 30.0. The molecule has 0 bridgehead atoms. The zero-order valence-electron chi connectivity index (χ0n) is 25.9. The van der Waals surface area contributed by atoms with E-state index < -0.39 is 28.5 Å². The molecule has 0 aromatic heterocycles. The molecule has 236 valence electrons. The van der Waals surface area contributed by atoms with Gasteiger partial charge in [0.15, 0.2) is 0 Å². The van der Waals surface area contributed by atoms with Crippen molar-refractivity contribution in [3.8, 4) is 0 Å². The highest BCUT2D eigenvalue weighted by atomic mass is 35.5. The highest BCUT2D eigenvalue weighted by molar-refractivity contribution is 7.92. The minimum Gasteiger partial charge on any atom is -0.354 e.